The van der Waals surface area contributed by atoms with Gasteiger partial charge in [0.15, 0.2) is 0 Å². The number of hydrogen-bond acceptors (Lipinski definition) is 10. The molecule has 0 unspecified atom stereocenters. The van der Waals surface area contributed by atoms with Crippen molar-refractivity contribution in [2.75, 3.05) is 6.54 Å². The van der Waals surface area contributed by atoms with Gasteiger partial charge in [0.1, 0.15) is 29.8 Å². The molecule has 60 heavy (non-hydrogen) atoms. The average Bonchev–Trinajstić information content (AvgIpc) is 3.61. The Kier molecular flexibility index (Phi) is 17.1. The number of esters is 1. The Morgan fingerprint density at radius 1 is 0.650 bits per heavy atom. The third-order valence-electron chi connectivity index (χ3n) is 9.51. The van der Waals surface area contributed by atoms with Gasteiger partial charge in [0, 0.05) is 36.4 Å². The van der Waals surface area contributed by atoms with Gasteiger partial charge >= 0.3 is 5.97 Å². The summed E-state index contributed by atoms with van der Waals surface area (Å²) in [5.74, 6) is -6.20. The van der Waals surface area contributed by atoms with Gasteiger partial charge in [0.25, 0.3) is 5.78 Å². The van der Waals surface area contributed by atoms with Crippen molar-refractivity contribution in [3.05, 3.63) is 108 Å². The number of fused-ring (bicyclic) bond motifs is 1. The van der Waals surface area contributed by atoms with Gasteiger partial charge in [-0.15, -0.1) is 0 Å². The van der Waals surface area contributed by atoms with Crippen molar-refractivity contribution in [3.8, 4) is 0 Å². The summed E-state index contributed by atoms with van der Waals surface area (Å²) in [6.07, 6.45) is 2.39. The molecule has 0 saturated heterocycles. The zero-order chi connectivity index (χ0) is 43.8. The van der Waals surface area contributed by atoms with Crippen molar-refractivity contribution in [1.29, 1.82) is 0 Å². The van der Waals surface area contributed by atoms with E-state index in [1.165, 1.54) is 0 Å². The standard InChI is InChI=1S/C44H56N8O8/c1-44(2,3)60-43(59)38(54)33(24-29-26-48-32-20-11-10-18-30(29)32)49-40(56)34(22-27-14-6-4-7-15-27)51-41(57)35(23-28-16-8-5-9-17-28)52-42(58)36(25-37(47)53)50-39(55)31(46)19-12-13-21-45/h4-11,14-18,20,26,31,33-36,48H,12-13,19,21-25,45-46H2,1-3H3,(H2,47,53)(H,49,56)(H,50,55)(H,51,57)(H,52,58)/t31-,33-,34-,35-,36-/m0/s1. The molecule has 0 saturated carbocycles. The molecule has 4 rings (SSSR count). The number of nitrogens with two attached hydrogens (primary N) is 3. The number of carbonyl (C=O) groups is 7. The van der Waals surface area contributed by atoms with Crippen LogP contribution in [0.3, 0.4) is 0 Å². The Morgan fingerprint density at radius 2 is 1.15 bits per heavy atom. The van der Waals surface area contributed by atoms with Crippen LogP contribution in [0.4, 0.5) is 0 Å². The second kappa shape index (κ2) is 22.1. The number of rotatable bonds is 22. The Balaban J connectivity index is 1.64. The number of benzene rings is 3. The van der Waals surface area contributed by atoms with Gasteiger partial charge in [0.05, 0.1) is 12.5 Å². The van der Waals surface area contributed by atoms with E-state index >= 15 is 0 Å². The van der Waals surface area contributed by atoms with Gasteiger partial charge in [-0.2, -0.15) is 0 Å². The van der Waals surface area contributed by atoms with E-state index in [0.29, 0.717) is 36.1 Å². The predicted octanol–water partition coefficient (Wildman–Crippen LogP) is 1.38. The number of amides is 5. The van der Waals surface area contributed by atoms with Crippen molar-refractivity contribution in [2.24, 2.45) is 17.2 Å². The Bertz CT molecular complexity index is 2100. The molecule has 0 bridgehead atoms. The molecule has 4 aromatic rings. The van der Waals surface area contributed by atoms with Crippen LogP contribution in [0.1, 0.15) is 63.1 Å². The van der Waals surface area contributed by atoms with Crippen LogP contribution in [0, 0.1) is 0 Å². The lowest BCUT2D eigenvalue weighted by molar-refractivity contribution is -0.163. The minimum atomic E-state index is -1.48. The highest BCUT2D eigenvalue weighted by Gasteiger charge is 2.36. The number of ketones is 1. The second-order valence-corrected chi connectivity index (χ2v) is 15.6. The summed E-state index contributed by atoms with van der Waals surface area (Å²) in [5.41, 5.74) is 18.8. The number of carbonyl (C=O) groups excluding carboxylic acids is 7. The molecule has 16 heteroatoms. The first kappa shape index (κ1) is 46.3. The summed E-state index contributed by atoms with van der Waals surface area (Å²) in [6.45, 7) is 5.26. The number of aromatic amines is 1. The van der Waals surface area contributed by atoms with E-state index in [1.807, 2.05) is 24.3 Å². The van der Waals surface area contributed by atoms with Crippen molar-refractivity contribution >= 4 is 52.2 Å². The third-order valence-corrected chi connectivity index (χ3v) is 9.51. The number of primary amides is 1. The Hall–Kier alpha value is -6.39. The van der Waals surface area contributed by atoms with Crippen molar-refractivity contribution in [3.63, 3.8) is 0 Å². The molecular formula is C44H56N8O8. The molecule has 5 atom stereocenters. The predicted molar refractivity (Wildman–Crippen MR) is 226 cm³/mol. The topological polar surface area (TPSA) is 271 Å². The number of Topliss-reactive ketones (excluding diaryl/α,β-unsaturated/α-hetero) is 1. The summed E-state index contributed by atoms with van der Waals surface area (Å²) in [5, 5.41) is 11.4. The summed E-state index contributed by atoms with van der Waals surface area (Å²) < 4.78 is 5.39. The summed E-state index contributed by atoms with van der Waals surface area (Å²) >= 11 is 0. The summed E-state index contributed by atoms with van der Waals surface area (Å²) in [4.78, 5) is 97.6. The maximum Gasteiger partial charge on any atom is 0.377 e. The molecular weight excluding hydrogens is 769 g/mol. The normalized spacial score (nSPS) is 13.8. The van der Waals surface area contributed by atoms with E-state index in [1.54, 1.807) is 87.6 Å². The smallest absolute Gasteiger partial charge is 0.377 e. The maximum atomic E-state index is 14.4. The molecule has 0 radical (unpaired) electrons. The van der Waals surface area contributed by atoms with Crippen LogP contribution >= 0.6 is 0 Å². The van der Waals surface area contributed by atoms with Crippen molar-refractivity contribution < 1.29 is 38.3 Å². The monoisotopic (exact) mass is 824 g/mol. The molecule has 0 spiro atoms. The molecule has 0 fully saturated rings. The molecule has 0 aliphatic carbocycles. The number of aromatic nitrogens is 1. The molecule has 16 nitrogen and oxygen atoms in total. The molecule has 1 heterocycles. The van der Waals surface area contributed by atoms with E-state index in [0.717, 1.165) is 10.9 Å². The van der Waals surface area contributed by atoms with Crippen LogP contribution < -0.4 is 38.5 Å². The quantitative estimate of drug-likeness (QED) is 0.0321. The number of unbranched alkanes of at least 4 members (excludes halogenated alkanes) is 1. The first-order valence-electron chi connectivity index (χ1n) is 19.9. The van der Waals surface area contributed by atoms with E-state index in [2.05, 4.69) is 26.3 Å². The lowest BCUT2D eigenvalue weighted by Crippen LogP contribution is -2.60. The number of ether oxygens (including phenoxy) is 1. The van der Waals surface area contributed by atoms with Gasteiger partial charge in [-0.3, -0.25) is 28.8 Å². The van der Waals surface area contributed by atoms with Crippen LogP contribution in [0.15, 0.2) is 91.1 Å². The number of H-pyrrole nitrogens is 1. The Labute approximate surface area is 349 Å². The van der Waals surface area contributed by atoms with Crippen LogP contribution in [-0.2, 0) is 57.6 Å². The second-order valence-electron chi connectivity index (χ2n) is 15.6. The lowest BCUT2D eigenvalue weighted by atomic mass is 9.99. The van der Waals surface area contributed by atoms with Crippen molar-refractivity contribution in [1.82, 2.24) is 26.3 Å². The van der Waals surface area contributed by atoms with E-state index < -0.39 is 83.5 Å². The highest BCUT2D eigenvalue weighted by Crippen LogP contribution is 2.20. The molecule has 320 valence electrons. The van der Waals surface area contributed by atoms with Crippen LogP contribution in [0.25, 0.3) is 10.9 Å². The van der Waals surface area contributed by atoms with Crippen LogP contribution in [0.5, 0.6) is 0 Å². The fraction of sp³-hybridized carbons (Fsp3) is 0.386. The van der Waals surface area contributed by atoms with Crippen molar-refractivity contribution in [2.45, 2.75) is 102 Å². The highest BCUT2D eigenvalue weighted by molar-refractivity contribution is 6.36. The van der Waals surface area contributed by atoms with Gasteiger partial charge in [-0.1, -0.05) is 85.3 Å². The van der Waals surface area contributed by atoms with Gasteiger partial charge < -0.3 is 48.2 Å². The van der Waals surface area contributed by atoms with Crippen LogP contribution in [0.2, 0.25) is 0 Å². The molecule has 3 aromatic carbocycles. The maximum absolute atomic E-state index is 14.4. The first-order valence-corrected chi connectivity index (χ1v) is 19.9. The van der Waals surface area contributed by atoms with Gasteiger partial charge in [-0.25, -0.2) is 4.79 Å². The van der Waals surface area contributed by atoms with Crippen LogP contribution in [-0.4, -0.2) is 88.6 Å². The molecule has 1 aromatic heterocycles. The SMILES string of the molecule is CC(C)(C)OC(=O)C(=O)[C@H](Cc1c[nH]c2ccccc12)NC(=O)[C@H](Cc1ccccc1)NC(=O)[C@H](Cc1ccccc1)NC(=O)[C@H](CC(N)=O)NC(=O)[C@@H](N)CCCCN. The minimum Gasteiger partial charge on any atom is -0.454 e. The summed E-state index contributed by atoms with van der Waals surface area (Å²) in [7, 11) is 0. The zero-order valence-electron chi connectivity index (χ0n) is 34.2. The molecule has 0 aliphatic rings. The Morgan fingerprint density at radius 3 is 1.68 bits per heavy atom. The molecule has 0 aliphatic heterocycles. The van der Waals surface area contributed by atoms with Gasteiger partial charge in [-0.05, 0) is 62.9 Å². The first-order chi connectivity index (χ1) is 28.5. The molecule has 5 amide bonds. The average molecular weight is 825 g/mol. The van der Waals surface area contributed by atoms with E-state index in [-0.39, 0.29) is 25.7 Å². The number of para-hydroxylation sites is 1. The third kappa shape index (κ3) is 14.5. The highest BCUT2D eigenvalue weighted by atomic mass is 16.6. The van der Waals surface area contributed by atoms with Gasteiger partial charge in [0.2, 0.25) is 29.5 Å². The van der Waals surface area contributed by atoms with E-state index in [4.69, 9.17) is 21.9 Å². The molecule has 11 N–H and O–H groups in total. The van der Waals surface area contributed by atoms with E-state index in [9.17, 15) is 33.6 Å². The largest absolute Gasteiger partial charge is 0.454 e. The fourth-order valence-electron chi connectivity index (χ4n) is 6.46. The fourth-order valence-corrected chi connectivity index (χ4v) is 6.46. The summed E-state index contributed by atoms with van der Waals surface area (Å²) in [6, 6.07) is 18.3. The zero-order valence-corrected chi connectivity index (χ0v) is 34.2. The number of hydrogen-bond donors (Lipinski definition) is 8. The lowest BCUT2D eigenvalue weighted by Gasteiger charge is -2.27. The minimum absolute atomic E-state index is 0.0484. The number of nitrogens with one attached hydrogen (secondary N) is 5.